The van der Waals surface area contributed by atoms with Gasteiger partial charge in [-0.2, -0.15) is 0 Å². The molecule has 6 heteroatoms. The lowest BCUT2D eigenvalue weighted by Gasteiger charge is -2.33. The molecule has 1 aliphatic carbocycles. The van der Waals surface area contributed by atoms with Crippen LogP contribution in [0.15, 0.2) is 42.5 Å². The topological polar surface area (TPSA) is 78.9 Å². The normalized spacial score (nSPS) is 18.1. The van der Waals surface area contributed by atoms with Gasteiger partial charge in [-0.1, -0.05) is 30.3 Å². The van der Waals surface area contributed by atoms with Crippen molar-refractivity contribution in [1.82, 2.24) is 10.4 Å². The summed E-state index contributed by atoms with van der Waals surface area (Å²) < 4.78 is 5.71. The zero-order valence-electron chi connectivity index (χ0n) is 13.6. The summed E-state index contributed by atoms with van der Waals surface area (Å²) in [7, 11) is 0. The minimum Gasteiger partial charge on any atom is -0.491 e. The lowest BCUT2D eigenvalue weighted by Crippen LogP contribution is -2.40. The zero-order chi connectivity index (χ0) is 17.4. The van der Waals surface area contributed by atoms with Crippen LogP contribution in [0.2, 0.25) is 0 Å². The number of fused-ring (bicyclic) bond motifs is 2. The molecule has 0 saturated carbocycles. The van der Waals surface area contributed by atoms with Gasteiger partial charge >= 0.3 is 0 Å². The number of hydrogen-bond donors (Lipinski definition) is 2. The van der Waals surface area contributed by atoms with Crippen molar-refractivity contribution < 1.29 is 19.5 Å². The molecule has 25 heavy (non-hydrogen) atoms. The Hall–Kier alpha value is -2.86. The average Bonchev–Trinajstić information content (AvgIpc) is 2.83. The Morgan fingerprint density at radius 3 is 2.80 bits per heavy atom. The summed E-state index contributed by atoms with van der Waals surface area (Å²) >= 11 is 0. The third kappa shape index (κ3) is 2.74. The summed E-state index contributed by atoms with van der Waals surface area (Å²) in [6, 6.07) is 13.0. The monoisotopic (exact) mass is 338 g/mol. The van der Waals surface area contributed by atoms with Gasteiger partial charge in [-0.15, -0.1) is 0 Å². The van der Waals surface area contributed by atoms with Crippen molar-refractivity contribution in [2.75, 3.05) is 13.2 Å². The summed E-state index contributed by atoms with van der Waals surface area (Å²) in [5.74, 6) is 0.0320. The highest BCUT2D eigenvalue weighted by atomic mass is 16.5. The number of carbonyl (C=O) groups is 2. The molecule has 1 heterocycles. The Labute approximate surface area is 145 Å². The lowest BCUT2D eigenvalue weighted by atomic mass is 9.77. The largest absolute Gasteiger partial charge is 0.491 e. The first kappa shape index (κ1) is 15.7. The first-order valence-electron chi connectivity index (χ1n) is 8.24. The number of hydroxylamine groups is 1. The maximum Gasteiger partial charge on any atom is 0.274 e. The molecule has 0 saturated heterocycles. The van der Waals surface area contributed by atoms with E-state index in [2.05, 4.69) is 6.07 Å². The minimum absolute atomic E-state index is 0.0720. The fraction of sp³-hybridized carbons (Fsp3) is 0.263. The first-order chi connectivity index (χ1) is 12.2. The molecule has 2 aromatic rings. The summed E-state index contributed by atoms with van der Waals surface area (Å²) in [6.07, 6.45) is 0.787. The van der Waals surface area contributed by atoms with E-state index in [1.165, 1.54) is 5.56 Å². The molecule has 2 aliphatic rings. The van der Waals surface area contributed by atoms with Gasteiger partial charge in [0.2, 0.25) is 5.91 Å². The van der Waals surface area contributed by atoms with Crippen LogP contribution in [0.4, 0.5) is 0 Å². The number of carbonyl (C=O) groups excluding carboxylic acids is 2. The second-order valence-corrected chi connectivity index (χ2v) is 6.33. The van der Waals surface area contributed by atoms with Gasteiger partial charge in [0.1, 0.15) is 12.4 Å². The van der Waals surface area contributed by atoms with Crippen molar-refractivity contribution in [2.24, 2.45) is 0 Å². The molecule has 0 fully saturated rings. The number of rotatable bonds is 2. The second-order valence-electron chi connectivity index (χ2n) is 6.33. The summed E-state index contributed by atoms with van der Waals surface area (Å²) in [5.41, 5.74) is 5.14. The van der Waals surface area contributed by atoms with Gasteiger partial charge in [0.05, 0.1) is 12.5 Å². The van der Waals surface area contributed by atoms with Crippen LogP contribution in [-0.2, 0) is 17.8 Å². The van der Waals surface area contributed by atoms with Gasteiger partial charge in [-0.25, -0.2) is 5.48 Å². The molecule has 2 aromatic carbocycles. The molecule has 2 N–H and O–H groups in total. The van der Waals surface area contributed by atoms with Crippen LogP contribution in [0, 0.1) is 0 Å². The molecule has 0 spiro atoms. The van der Waals surface area contributed by atoms with Crippen LogP contribution in [0.1, 0.15) is 33.0 Å². The smallest absolute Gasteiger partial charge is 0.274 e. The van der Waals surface area contributed by atoms with Crippen molar-refractivity contribution in [3.8, 4) is 5.75 Å². The Morgan fingerprint density at radius 2 is 2.00 bits per heavy atom. The molecule has 0 radical (unpaired) electrons. The second kappa shape index (κ2) is 6.22. The van der Waals surface area contributed by atoms with Gasteiger partial charge in [-0.3, -0.25) is 14.8 Å². The van der Waals surface area contributed by atoms with E-state index in [1.54, 1.807) is 23.7 Å². The average molecular weight is 338 g/mol. The number of hydrogen-bond acceptors (Lipinski definition) is 4. The summed E-state index contributed by atoms with van der Waals surface area (Å²) in [4.78, 5) is 26.2. The van der Waals surface area contributed by atoms with Gasteiger partial charge < -0.3 is 9.64 Å². The molecule has 4 rings (SSSR count). The number of amides is 2. The Balaban J connectivity index is 1.54. The highest BCUT2D eigenvalue weighted by Gasteiger charge is 2.35. The minimum atomic E-state index is -0.588. The first-order valence-corrected chi connectivity index (χ1v) is 8.24. The van der Waals surface area contributed by atoms with Crippen LogP contribution in [-0.4, -0.2) is 35.1 Å². The van der Waals surface area contributed by atoms with Crippen LogP contribution in [0.5, 0.6) is 5.75 Å². The molecule has 1 atom stereocenters. The van der Waals surface area contributed by atoms with Crippen LogP contribution < -0.4 is 10.2 Å². The quantitative estimate of drug-likeness (QED) is 0.647. The molecule has 0 bridgehead atoms. The van der Waals surface area contributed by atoms with Crippen molar-refractivity contribution >= 4 is 11.8 Å². The van der Waals surface area contributed by atoms with Crippen LogP contribution in [0.25, 0.3) is 0 Å². The van der Waals surface area contributed by atoms with E-state index in [4.69, 9.17) is 9.94 Å². The maximum absolute atomic E-state index is 12.9. The fourth-order valence-electron chi connectivity index (χ4n) is 3.46. The molecule has 2 amide bonds. The van der Waals surface area contributed by atoms with Crippen molar-refractivity contribution in [3.63, 3.8) is 0 Å². The summed E-state index contributed by atoms with van der Waals surface area (Å²) in [5, 5.41) is 8.74. The Morgan fingerprint density at radius 1 is 1.16 bits per heavy atom. The van der Waals surface area contributed by atoms with Gasteiger partial charge in [0, 0.05) is 17.7 Å². The van der Waals surface area contributed by atoms with Crippen molar-refractivity contribution in [1.29, 1.82) is 0 Å². The number of nitrogens with one attached hydrogen (secondary N) is 1. The van der Waals surface area contributed by atoms with Crippen LogP contribution >= 0.6 is 0 Å². The van der Waals surface area contributed by atoms with Crippen molar-refractivity contribution in [2.45, 2.75) is 18.9 Å². The van der Waals surface area contributed by atoms with Gasteiger partial charge in [0.15, 0.2) is 0 Å². The fourth-order valence-corrected chi connectivity index (χ4v) is 3.46. The predicted octanol–water partition coefficient (Wildman–Crippen LogP) is 1.87. The Kier molecular flexibility index (Phi) is 3.89. The highest BCUT2D eigenvalue weighted by molar-refractivity contribution is 5.94. The van der Waals surface area contributed by atoms with E-state index in [0.29, 0.717) is 31.0 Å². The van der Waals surface area contributed by atoms with Crippen LogP contribution in [0.3, 0.4) is 0 Å². The molecule has 128 valence electrons. The van der Waals surface area contributed by atoms with Crippen molar-refractivity contribution in [3.05, 3.63) is 64.7 Å². The number of benzene rings is 2. The van der Waals surface area contributed by atoms with E-state index in [-0.39, 0.29) is 11.8 Å². The molecular formula is C19H18N2O4. The standard InChI is InChI=1S/C19H18N2O4/c22-18(20-24)13-5-6-14-11-21(7-8-25-17(14)10-13)19(23)16-9-12-3-1-2-4-15(12)16/h1-6,10,16,24H,7-9,11H2,(H,20,22). The molecular weight excluding hydrogens is 320 g/mol. The lowest BCUT2D eigenvalue weighted by molar-refractivity contribution is -0.134. The highest BCUT2D eigenvalue weighted by Crippen LogP contribution is 2.37. The third-order valence-electron chi connectivity index (χ3n) is 4.88. The maximum atomic E-state index is 12.9. The molecule has 1 aliphatic heterocycles. The molecule has 0 aromatic heterocycles. The van der Waals surface area contributed by atoms with Gasteiger partial charge in [-0.05, 0) is 29.7 Å². The van der Waals surface area contributed by atoms with E-state index < -0.39 is 5.91 Å². The number of ether oxygens (including phenoxy) is 1. The van der Waals surface area contributed by atoms with E-state index in [1.807, 2.05) is 23.1 Å². The SMILES string of the molecule is O=C(NO)c1ccc2c(c1)OCCN(C(=O)C1Cc3ccccc31)C2. The zero-order valence-corrected chi connectivity index (χ0v) is 13.6. The Bertz CT molecular complexity index is 849. The molecule has 1 unspecified atom stereocenters. The predicted molar refractivity (Wildman–Crippen MR) is 89.5 cm³/mol. The van der Waals surface area contributed by atoms with E-state index >= 15 is 0 Å². The number of nitrogens with zero attached hydrogens (tertiary/aromatic N) is 1. The third-order valence-corrected chi connectivity index (χ3v) is 4.88. The van der Waals surface area contributed by atoms with E-state index in [9.17, 15) is 9.59 Å². The summed E-state index contributed by atoms with van der Waals surface area (Å²) in [6.45, 7) is 1.33. The van der Waals surface area contributed by atoms with Gasteiger partial charge in [0.25, 0.3) is 5.91 Å². The molecule has 6 nitrogen and oxygen atoms in total. The van der Waals surface area contributed by atoms with E-state index in [0.717, 1.165) is 17.5 Å².